The van der Waals surface area contributed by atoms with E-state index in [0.717, 1.165) is 43.6 Å². The molecule has 0 saturated carbocycles. The lowest BCUT2D eigenvalue weighted by Crippen LogP contribution is -2.41. The Bertz CT molecular complexity index is 702. The van der Waals surface area contributed by atoms with Crippen molar-refractivity contribution in [1.29, 1.82) is 0 Å². The van der Waals surface area contributed by atoms with E-state index in [0.29, 0.717) is 5.92 Å². The number of urea groups is 1. The van der Waals surface area contributed by atoms with E-state index in [1.807, 2.05) is 17.8 Å². The van der Waals surface area contributed by atoms with Gasteiger partial charge in [0.05, 0.1) is 23.8 Å². The number of fused-ring (bicyclic) bond motifs is 1. The summed E-state index contributed by atoms with van der Waals surface area (Å²) in [5.74, 6) is 0.632. The van der Waals surface area contributed by atoms with Crippen LogP contribution in [0.3, 0.4) is 0 Å². The minimum atomic E-state index is -0.168. The van der Waals surface area contributed by atoms with Crippen LogP contribution in [0.15, 0.2) is 12.4 Å². The van der Waals surface area contributed by atoms with Gasteiger partial charge in [0.25, 0.3) is 0 Å². The Kier molecular flexibility index (Phi) is 4.87. The Labute approximate surface area is 142 Å². The highest BCUT2D eigenvalue weighted by Gasteiger charge is 2.22. The Morgan fingerprint density at radius 2 is 2.29 bits per heavy atom. The third-order valence-electron chi connectivity index (χ3n) is 4.62. The lowest BCUT2D eigenvalue weighted by Gasteiger charge is -2.22. The third kappa shape index (κ3) is 3.77. The van der Waals surface area contributed by atoms with E-state index in [2.05, 4.69) is 39.8 Å². The lowest BCUT2D eigenvalue weighted by atomic mass is 9.94. The minimum Gasteiger partial charge on any atom is -0.335 e. The average Bonchev–Trinajstić information content (AvgIpc) is 3.12. The first-order chi connectivity index (χ1) is 11.5. The van der Waals surface area contributed by atoms with Crippen molar-refractivity contribution in [2.75, 3.05) is 5.32 Å². The van der Waals surface area contributed by atoms with E-state index in [1.54, 1.807) is 6.20 Å². The number of aromatic amines is 1. The van der Waals surface area contributed by atoms with Crippen LogP contribution in [0.1, 0.15) is 43.6 Å². The maximum absolute atomic E-state index is 12.3. The van der Waals surface area contributed by atoms with Crippen molar-refractivity contribution >= 4 is 11.7 Å². The van der Waals surface area contributed by atoms with Crippen LogP contribution in [0.2, 0.25) is 0 Å². The maximum atomic E-state index is 12.3. The molecule has 0 radical (unpaired) electrons. The molecule has 2 heterocycles. The molecule has 0 unspecified atom stereocenters. The van der Waals surface area contributed by atoms with Crippen molar-refractivity contribution in [3.05, 3.63) is 29.3 Å². The number of H-pyrrole nitrogens is 1. The molecule has 0 aliphatic heterocycles. The highest BCUT2D eigenvalue weighted by molar-refractivity contribution is 5.89. The summed E-state index contributed by atoms with van der Waals surface area (Å²) in [6.45, 7) is 7.25. The lowest BCUT2D eigenvalue weighted by molar-refractivity contribution is 0.247. The summed E-state index contributed by atoms with van der Waals surface area (Å²) < 4.78 is 1.95. The van der Waals surface area contributed by atoms with Gasteiger partial charge in [0.2, 0.25) is 0 Å². The first-order valence-corrected chi connectivity index (χ1v) is 8.64. The van der Waals surface area contributed by atoms with E-state index in [-0.39, 0.29) is 12.1 Å². The number of nitrogens with zero attached hydrogens (tertiary/aromatic N) is 3. The molecule has 2 aromatic rings. The molecule has 0 bridgehead atoms. The van der Waals surface area contributed by atoms with Crippen molar-refractivity contribution in [2.45, 2.75) is 59.0 Å². The van der Waals surface area contributed by atoms with Crippen molar-refractivity contribution < 1.29 is 4.79 Å². The van der Waals surface area contributed by atoms with E-state index in [9.17, 15) is 4.79 Å². The van der Waals surface area contributed by atoms with Gasteiger partial charge in [-0.05, 0) is 44.1 Å². The predicted octanol–water partition coefficient (Wildman–Crippen LogP) is 2.64. The molecule has 2 amide bonds. The number of hydrogen-bond donors (Lipinski definition) is 3. The molecule has 0 fully saturated rings. The van der Waals surface area contributed by atoms with Crippen LogP contribution >= 0.6 is 0 Å². The second kappa shape index (κ2) is 7.07. The van der Waals surface area contributed by atoms with Gasteiger partial charge in [-0.25, -0.2) is 4.79 Å². The molecule has 7 heteroatoms. The van der Waals surface area contributed by atoms with Gasteiger partial charge in [-0.3, -0.25) is 9.78 Å². The van der Waals surface area contributed by atoms with Crippen LogP contribution in [0.25, 0.3) is 0 Å². The molecule has 0 spiro atoms. The number of carbonyl (C=O) groups is 1. The third-order valence-corrected chi connectivity index (χ3v) is 4.62. The zero-order valence-corrected chi connectivity index (χ0v) is 14.6. The topological polar surface area (TPSA) is 87.6 Å². The normalized spacial score (nSPS) is 16.9. The Morgan fingerprint density at radius 3 is 3.08 bits per heavy atom. The standard InChI is InChI=1S/C17H26N6O/c1-11(2)6-7-23-12(3)16(10-19-23)21-17(24)20-14-4-5-15-13(8-14)9-18-22-15/h9-11,14H,4-8H2,1-3H3,(H,18,22)(H2,20,21,24)/t14-/m0/s1. The number of rotatable bonds is 5. The fourth-order valence-electron chi connectivity index (χ4n) is 3.06. The zero-order chi connectivity index (χ0) is 17.1. The summed E-state index contributed by atoms with van der Waals surface area (Å²) in [4.78, 5) is 12.3. The van der Waals surface area contributed by atoms with Crippen molar-refractivity contribution in [2.24, 2.45) is 5.92 Å². The second-order valence-electron chi connectivity index (χ2n) is 6.96. The second-order valence-corrected chi connectivity index (χ2v) is 6.96. The van der Waals surface area contributed by atoms with Crippen molar-refractivity contribution in [3.8, 4) is 0 Å². The van der Waals surface area contributed by atoms with E-state index in [1.165, 1.54) is 11.3 Å². The molecule has 0 saturated heterocycles. The molecule has 1 aliphatic carbocycles. The molecule has 130 valence electrons. The van der Waals surface area contributed by atoms with Crippen LogP contribution in [0.4, 0.5) is 10.5 Å². The number of anilines is 1. The monoisotopic (exact) mass is 330 g/mol. The Morgan fingerprint density at radius 1 is 1.46 bits per heavy atom. The van der Waals surface area contributed by atoms with E-state index < -0.39 is 0 Å². The number of carbonyl (C=O) groups excluding carboxylic acids is 1. The molecule has 1 aliphatic rings. The van der Waals surface area contributed by atoms with Crippen LogP contribution in [-0.2, 0) is 19.4 Å². The number of aryl methyl sites for hydroxylation is 2. The maximum Gasteiger partial charge on any atom is 0.319 e. The summed E-state index contributed by atoms with van der Waals surface area (Å²) in [6.07, 6.45) is 7.32. The van der Waals surface area contributed by atoms with Crippen molar-refractivity contribution in [3.63, 3.8) is 0 Å². The average molecular weight is 330 g/mol. The number of aromatic nitrogens is 4. The summed E-state index contributed by atoms with van der Waals surface area (Å²) in [5, 5.41) is 17.4. The van der Waals surface area contributed by atoms with Gasteiger partial charge in [0.15, 0.2) is 0 Å². The molecule has 1 atom stereocenters. The van der Waals surface area contributed by atoms with Gasteiger partial charge in [-0.2, -0.15) is 10.2 Å². The fraction of sp³-hybridized carbons (Fsp3) is 0.588. The highest BCUT2D eigenvalue weighted by Crippen LogP contribution is 2.19. The Hall–Kier alpha value is -2.31. The molecule has 7 nitrogen and oxygen atoms in total. The van der Waals surface area contributed by atoms with Gasteiger partial charge in [0.1, 0.15) is 0 Å². The summed E-state index contributed by atoms with van der Waals surface area (Å²) in [6, 6.07) is -0.0233. The number of amides is 2. The van der Waals surface area contributed by atoms with Gasteiger partial charge < -0.3 is 10.6 Å². The molecular weight excluding hydrogens is 304 g/mol. The largest absolute Gasteiger partial charge is 0.335 e. The molecule has 3 rings (SSSR count). The SMILES string of the molecule is Cc1c(NC(=O)N[C@H]2CCc3[nH]ncc3C2)cnn1CCC(C)C. The molecule has 0 aromatic carbocycles. The smallest absolute Gasteiger partial charge is 0.319 e. The van der Waals surface area contributed by atoms with E-state index >= 15 is 0 Å². The molecular formula is C17H26N6O. The van der Waals surface area contributed by atoms with Gasteiger partial charge in [-0.15, -0.1) is 0 Å². The predicted molar refractivity (Wildman–Crippen MR) is 93.0 cm³/mol. The first kappa shape index (κ1) is 16.5. The number of nitrogens with one attached hydrogen (secondary N) is 3. The first-order valence-electron chi connectivity index (χ1n) is 8.64. The molecule has 24 heavy (non-hydrogen) atoms. The fourth-order valence-corrected chi connectivity index (χ4v) is 3.06. The van der Waals surface area contributed by atoms with Crippen molar-refractivity contribution in [1.82, 2.24) is 25.3 Å². The Balaban J connectivity index is 1.54. The molecule has 2 aromatic heterocycles. The highest BCUT2D eigenvalue weighted by atomic mass is 16.2. The number of hydrogen-bond acceptors (Lipinski definition) is 3. The van der Waals surface area contributed by atoms with Gasteiger partial charge in [-0.1, -0.05) is 13.8 Å². The van der Waals surface area contributed by atoms with Crippen LogP contribution in [0, 0.1) is 12.8 Å². The van der Waals surface area contributed by atoms with Gasteiger partial charge >= 0.3 is 6.03 Å². The quantitative estimate of drug-likeness (QED) is 0.787. The van der Waals surface area contributed by atoms with Crippen LogP contribution in [0.5, 0.6) is 0 Å². The molecule has 3 N–H and O–H groups in total. The summed E-state index contributed by atoms with van der Waals surface area (Å²) in [7, 11) is 0. The summed E-state index contributed by atoms with van der Waals surface area (Å²) in [5.41, 5.74) is 4.16. The zero-order valence-electron chi connectivity index (χ0n) is 14.6. The van der Waals surface area contributed by atoms with E-state index in [4.69, 9.17) is 0 Å². The summed E-state index contributed by atoms with van der Waals surface area (Å²) >= 11 is 0. The minimum absolute atomic E-state index is 0.145. The van der Waals surface area contributed by atoms with Crippen LogP contribution in [-0.4, -0.2) is 32.1 Å². The van der Waals surface area contributed by atoms with Crippen LogP contribution < -0.4 is 10.6 Å². The van der Waals surface area contributed by atoms with Gasteiger partial charge in [0, 0.05) is 18.3 Å².